The highest BCUT2D eigenvalue weighted by Gasteiger charge is 2.11. The highest BCUT2D eigenvalue weighted by Crippen LogP contribution is 2.19. The molecule has 0 spiro atoms. The summed E-state index contributed by atoms with van der Waals surface area (Å²) < 4.78 is 5.40. The minimum absolute atomic E-state index is 0.809. The van der Waals surface area contributed by atoms with Crippen molar-refractivity contribution in [2.75, 3.05) is 36.6 Å². The maximum atomic E-state index is 5.40. The van der Waals surface area contributed by atoms with Crippen LogP contribution in [0.3, 0.4) is 0 Å². The molecule has 1 aliphatic rings. The molecule has 1 N–H and O–H groups in total. The Bertz CT molecular complexity index is 634. The molecule has 22 heavy (non-hydrogen) atoms. The van der Waals surface area contributed by atoms with Gasteiger partial charge in [0.25, 0.3) is 0 Å². The summed E-state index contributed by atoms with van der Waals surface area (Å²) in [6, 6.07) is 16.4. The molecule has 4 nitrogen and oxygen atoms in total. The van der Waals surface area contributed by atoms with E-state index in [4.69, 9.17) is 4.74 Å². The Labute approximate surface area is 131 Å². The lowest BCUT2D eigenvalue weighted by molar-refractivity contribution is 0.122. The first kappa shape index (κ1) is 14.6. The number of hydrazone groups is 1. The minimum Gasteiger partial charge on any atom is -0.378 e. The topological polar surface area (TPSA) is 36.9 Å². The van der Waals surface area contributed by atoms with Gasteiger partial charge in [-0.3, -0.25) is 5.43 Å². The normalized spacial score (nSPS) is 15.2. The fourth-order valence-corrected chi connectivity index (χ4v) is 2.51. The van der Waals surface area contributed by atoms with E-state index in [0.29, 0.717) is 0 Å². The van der Waals surface area contributed by atoms with E-state index in [9.17, 15) is 0 Å². The highest BCUT2D eigenvalue weighted by atomic mass is 16.5. The number of morpholine rings is 1. The van der Waals surface area contributed by atoms with Gasteiger partial charge in [0.2, 0.25) is 0 Å². The van der Waals surface area contributed by atoms with Gasteiger partial charge in [0, 0.05) is 18.8 Å². The summed E-state index contributed by atoms with van der Waals surface area (Å²) in [7, 11) is 0. The molecular formula is C18H21N3O. The number of anilines is 2. The smallest absolute Gasteiger partial charge is 0.0642 e. The Hall–Kier alpha value is -2.33. The molecule has 3 rings (SSSR count). The monoisotopic (exact) mass is 295 g/mol. The van der Waals surface area contributed by atoms with Crippen LogP contribution in [0.15, 0.2) is 53.6 Å². The predicted octanol–water partition coefficient (Wildman–Crippen LogP) is 3.28. The van der Waals surface area contributed by atoms with Crippen molar-refractivity contribution in [3.8, 4) is 0 Å². The number of benzene rings is 2. The van der Waals surface area contributed by atoms with Crippen LogP contribution in [0.25, 0.3) is 0 Å². The number of hydrogen-bond acceptors (Lipinski definition) is 4. The van der Waals surface area contributed by atoms with Crippen molar-refractivity contribution in [1.29, 1.82) is 0 Å². The van der Waals surface area contributed by atoms with Gasteiger partial charge in [0.15, 0.2) is 0 Å². The molecule has 1 fully saturated rings. The largest absolute Gasteiger partial charge is 0.378 e. The average molecular weight is 295 g/mol. The zero-order chi connectivity index (χ0) is 15.2. The van der Waals surface area contributed by atoms with Crippen molar-refractivity contribution >= 4 is 17.6 Å². The Kier molecular flexibility index (Phi) is 4.71. The number of rotatable bonds is 4. The van der Waals surface area contributed by atoms with Gasteiger partial charge in [0.05, 0.1) is 25.1 Å². The average Bonchev–Trinajstić information content (AvgIpc) is 2.58. The highest BCUT2D eigenvalue weighted by molar-refractivity contribution is 5.83. The maximum Gasteiger partial charge on any atom is 0.0642 e. The van der Waals surface area contributed by atoms with E-state index < -0.39 is 0 Å². The van der Waals surface area contributed by atoms with Crippen LogP contribution in [0.5, 0.6) is 0 Å². The van der Waals surface area contributed by atoms with E-state index in [2.05, 4.69) is 40.5 Å². The molecule has 0 aromatic heterocycles. The number of nitrogens with zero attached hydrogens (tertiary/aromatic N) is 2. The Morgan fingerprint density at radius 3 is 2.59 bits per heavy atom. The van der Waals surface area contributed by atoms with E-state index in [1.807, 2.05) is 36.5 Å². The first-order valence-electron chi connectivity index (χ1n) is 7.60. The Balaban J connectivity index is 1.66. The summed E-state index contributed by atoms with van der Waals surface area (Å²) in [5.41, 5.74) is 7.64. The van der Waals surface area contributed by atoms with Crippen LogP contribution in [-0.2, 0) is 4.74 Å². The van der Waals surface area contributed by atoms with E-state index in [0.717, 1.165) is 37.6 Å². The molecule has 0 saturated carbocycles. The fraction of sp³-hybridized carbons (Fsp3) is 0.278. The zero-order valence-corrected chi connectivity index (χ0v) is 12.8. The van der Waals surface area contributed by atoms with Crippen LogP contribution in [0.1, 0.15) is 11.1 Å². The maximum absolute atomic E-state index is 5.40. The first-order chi connectivity index (χ1) is 10.8. The summed E-state index contributed by atoms with van der Waals surface area (Å²) in [5, 5.41) is 4.31. The van der Waals surface area contributed by atoms with Crippen LogP contribution in [0.2, 0.25) is 0 Å². The van der Waals surface area contributed by atoms with E-state index in [1.54, 1.807) is 0 Å². The number of ether oxygens (including phenoxy) is 1. The molecule has 2 aromatic carbocycles. The van der Waals surface area contributed by atoms with Gasteiger partial charge in [-0.2, -0.15) is 5.10 Å². The standard InChI is InChI=1S/C18H21N3O/c1-15-13-18(21-9-11-22-12-10-21)8-7-16(15)14-19-20-17-5-3-2-4-6-17/h2-8,13-14,20H,9-12H2,1H3/b19-14-. The van der Waals surface area contributed by atoms with Gasteiger partial charge in [0.1, 0.15) is 0 Å². The summed E-state index contributed by atoms with van der Waals surface area (Å²) >= 11 is 0. The predicted molar refractivity (Wildman–Crippen MR) is 91.9 cm³/mol. The molecule has 114 valence electrons. The lowest BCUT2D eigenvalue weighted by Gasteiger charge is -2.29. The minimum atomic E-state index is 0.809. The molecule has 0 atom stereocenters. The van der Waals surface area contributed by atoms with E-state index >= 15 is 0 Å². The van der Waals surface area contributed by atoms with Gasteiger partial charge in [-0.15, -0.1) is 0 Å². The van der Waals surface area contributed by atoms with Gasteiger partial charge >= 0.3 is 0 Å². The van der Waals surface area contributed by atoms with E-state index in [1.165, 1.54) is 11.3 Å². The molecule has 1 saturated heterocycles. The summed E-state index contributed by atoms with van der Waals surface area (Å²) in [5.74, 6) is 0. The molecule has 0 unspecified atom stereocenters. The molecule has 0 aliphatic carbocycles. The van der Waals surface area contributed by atoms with Gasteiger partial charge in [-0.05, 0) is 42.3 Å². The number of para-hydroxylation sites is 1. The Morgan fingerprint density at radius 1 is 1.09 bits per heavy atom. The second kappa shape index (κ2) is 7.09. The molecule has 1 heterocycles. The van der Waals surface area contributed by atoms with Crippen LogP contribution in [0.4, 0.5) is 11.4 Å². The van der Waals surface area contributed by atoms with Crippen LogP contribution < -0.4 is 10.3 Å². The molecule has 4 heteroatoms. The quantitative estimate of drug-likeness (QED) is 0.695. The number of nitrogens with one attached hydrogen (secondary N) is 1. The van der Waals surface area contributed by atoms with Gasteiger partial charge in [-0.1, -0.05) is 24.3 Å². The third kappa shape index (κ3) is 3.65. The second-order valence-electron chi connectivity index (χ2n) is 5.38. The van der Waals surface area contributed by atoms with Crippen molar-refractivity contribution in [2.24, 2.45) is 5.10 Å². The summed E-state index contributed by atoms with van der Waals surface area (Å²) in [6.45, 7) is 5.66. The SMILES string of the molecule is Cc1cc(N2CCOCC2)ccc1/C=N\Nc1ccccc1. The third-order valence-electron chi connectivity index (χ3n) is 3.80. The van der Waals surface area contributed by atoms with Crippen molar-refractivity contribution < 1.29 is 4.74 Å². The zero-order valence-electron chi connectivity index (χ0n) is 12.8. The van der Waals surface area contributed by atoms with Crippen LogP contribution >= 0.6 is 0 Å². The molecule has 0 radical (unpaired) electrons. The van der Waals surface area contributed by atoms with Crippen molar-refractivity contribution in [1.82, 2.24) is 0 Å². The number of hydrogen-bond donors (Lipinski definition) is 1. The first-order valence-corrected chi connectivity index (χ1v) is 7.60. The van der Waals surface area contributed by atoms with Crippen LogP contribution in [0, 0.1) is 6.92 Å². The third-order valence-corrected chi connectivity index (χ3v) is 3.80. The molecule has 0 amide bonds. The fourth-order valence-electron chi connectivity index (χ4n) is 2.51. The van der Waals surface area contributed by atoms with Crippen molar-refractivity contribution in [2.45, 2.75) is 6.92 Å². The van der Waals surface area contributed by atoms with Gasteiger partial charge < -0.3 is 9.64 Å². The van der Waals surface area contributed by atoms with E-state index in [-0.39, 0.29) is 0 Å². The van der Waals surface area contributed by atoms with Crippen LogP contribution in [-0.4, -0.2) is 32.5 Å². The summed E-state index contributed by atoms with van der Waals surface area (Å²) in [6.07, 6.45) is 1.87. The Morgan fingerprint density at radius 2 is 1.86 bits per heavy atom. The lowest BCUT2D eigenvalue weighted by Crippen LogP contribution is -2.36. The van der Waals surface area contributed by atoms with Crippen molar-refractivity contribution in [3.63, 3.8) is 0 Å². The lowest BCUT2D eigenvalue weighted by atomic mass is 10.1. The molecular weight excluding hydrogens is 274 g/mol. The molecule has 0 bridgehead atoms. The van der Waals surface area contributed by atoms with Crippen molar-refractivity contribution in [3.05, 3.63) is 59.7 Å². The second-order valence-corrected chi connectivity index (χ2v) is 5.38. The summed E-state index contributed by atoms with van der Waals surface area (Å²) in [4.78, 5) is 2.36. The van der Waals surface area contributed by atoms with Gasteiger partial charge in [-0.25, -0.2) is 0 Å². The molecule has 2 aromatic rings. The molecule has 1 aliphatic heterocycles. The number of aryl methyl sites for hydroxylation is 1.